The summed E-state index contributed by atoms with van der Waals surface area (Å²) in [4.78, 5) is 25.3. The predicted octanol–water partition coefficient (Wildman–Crippen LogP) is 4.13. The van der Waals surface area contributed by atoms with Crippen LogP contribution in [0.2, 0.25) is 0 Å². The number of aryl methyl sites for hydroxylation is 1. The van der Waals surface area contributed by atoms with Crippen molar-refractivity contribution in [3.8, 4) is 28.3 Å². The fourth-order valence-electron chi connectivity index (χ4n) is 3.42. The van der Waals surface area contributed by atoms with E-state index in [9.17, 15) is 9.18 Å². The summed E-state index contributed by atoms with van der Waals surface area (Å²) in [6.07, 6.45) is 6.48. The Hall–Kier alpha value is -3.68. The number of nitrogens with zero attached hydrogens (tertiary/aromatic N) is 6. The lowest BCUT2D eigenvalue weighted by Crippen LogP contribution is -2.18. The van der Waals surface area contributed by atoms with E-state index in [0.717, 1.165) is 29.7 Å². The second kappa shape index (κ2) is 8.59. The van der Waals surface area contributed by atoms with Crippen molar-refractivity contribution in [2.45, 2.75) is 32.6 Å². The summed E-state index contributed by atoms with van der Waals surface area (Å²) in [5.74, 6) is 1.08. The largest absolute Gasteiger partial charge is 0.269 e. The van der Waals surface area contributed by atoms with E-state index in [1.807, 2.05) is 26.0 Å². The lowest BCUT2D eigenvalue weighted by Gasteiger charge is -2.13. The molecule has 0 atom stereocenters. The summed E-state index contributed by atoms with van der Waals surface area (Å²) >= 11 is 0. The standard InChI is InChI=1S/C21H17FN6O.C2H6/c1-27-21(24-11-25-27)17-10-15(22)4-5-16(17)14-8-18(13-2-3-13)26-19(9-14)28-12-23-7-6-20(28)29;1-2/h4-13H,2-3H2,1H3;1-2H3. The second-order valence-corrected chi connectivity index (χ2v) is 7.10. The number of aromatic nitrogens is 6. The number of halogens is 1. The van der Waals surface area contributed by atoms with Crippen LogP contribution in [0.5, 0.6) is 0 Å². The van der Waals surface area contributed by atoms with Crippen molar-refractivity contribution in [2.75, 3.05) is 0 Å². The molecule has 0 unspecified atom stereocenters. The van der Waals surface area contributed by atoms with Gasteiger partial charge in [-0.05, 0) is 48.2 Å². The monoisotopic (exact) mass is 418 g/mol. The van der Waals surface area contributed by atoms with Gasteiger partial charge in [-0.2, -0.15) is 5.10 Å². The Labute approximate surface area is 179 Å². The van der Waals surface area contributed by atoms with Crippen LogP contribution in [0.1, 0.15) is 38.3 Å². The van der Waals surface area contributed by atoms with Crippen LogP contribution in [-0.2, 0) is 7.05 Å². The van der Waals surface area contributed by atoms with Crippen LogP contribution >= 0.6 is 0 Å². The first-order chi connectivity index (χ1) is 15.1. The minimum Gasteiger partial charge on any atom is -0.269 e. The molecule has 3 aromatic heterocycles. The Morgan fingerprint density at radius 1 is 1.06 bits per heavy atom. The van der Waals surface area contributed by atoms with Gasteiger partial charge in [-0.3, -0.25) is 9.36 Å². The van der Waals surface area contributed by atoms with Gasteiger partial charge in [-0.25, -0.2) is 24.0 Å². The van der Waals surface area contributed by atoms with Crippen molar-refractivity contribution in [1.29, 1.82) is 0 Å². The molecule has 0 N–H and O–H groups in total. The van der Waals surface area contributed by atoms with Gasteiger partial charge in [0.15, 0.2) is 5.82 Å². The summed E-state index contributed by atoms with van der Waals surface area (Å²) in [7, 11) is 1.76. The van der Waals surface area contributed by atoms with Crippen molar-refractivity contribution < 1.29 is 4.39 Å². The average Bonchev–Trinajstić information content (AvgIpc) is 3.56. The molecule has 31 heavy (non-hydrogen) atoms. The lowest BCUT2D eigenvalue weighted by atomic mass is 9.98. The molecule has 0 aliphatic heterocycles. The first kappa shape index (κ1) is 20.6. The third kappa shape index (κ3) is 4.14. The zero-order valence-electron chi connectivity index (χ0n) is 17.7. The molecular formula is C23H23FN6O. The smallest absolute Gasteiger partial charge is 0.259 e. The van der Waals surface area contributed by atoms with E-state index in [-0.39, 0.29) is 11.4 Å². The molecule has 0 radical (unpaired) electrons. The molecule has 0 saturated heterocycles. The predicted molar refractivity (Wildman–Crippen MR) is 116 cm³/mol. The average molecular weight is 418 g/mol. The molecule has 8 heteroatoms. The molecule has 0 bridgehead atoms. The highest BCUT2D eigenvalue weighted by molar-refractivity contribution is 5.81. The Kier molecular flexibility index (Phi) is 5.70. The van der Waals surface area contributed by atoms with Gasteiger partial charge in [-0.1, -0.05) is 19.9 Å². The Morgan fingerprint density at radius 3 is 2.55 bits per heavy atom. The molecule has 7 nitrogen and oxygen atoms in total. The van der Waals surface area contributed by atoms with E-state index in [2.05, 4.69) is 15.1 Å². The Bertz CT molecular complexity index is 1280. The summed E-state index contributed by atoms with van der Waals surface area (Å²) in [6.45, 7) is 4.00. The van der Waals surface area contributed by atoms with Gasteiger partial charge in [0.25, 0.3) is 5.56 Å². The second-order valence-electron chi connectivity index (χ2n) is 7.10. The molecule has 1 aromatic carbocycles. The van der Waals surface area contributed by atoms with Crippen molar-refractivity contribution in [3.63, 3.8) is 0 Å². The van der Waals surface area contributed by atoms with Gasteiger partial charge in [0.2, 0.25) is 0 Å². The van der Waals surface area contributed by atoms with E-state index in [1.54, 1.807) is 17.8 Å². The quantitative estimate of drug-likeness (QED) is 0.498. The number of pyridine rings is 1. The van der Waals surface area contributed by atoms with Gasteiger partial charge in [0.05, 0.1) is 0 Å². The SMILES string of the molecule is CC.Cn1ncnc1-c1cc(F)ccc1-c1cc(C2CC2)nc(-n2cnccc2=O)c1. The van der Waals surface area contributed by atoms with E-state index in [4.69, 9.17) is 4.98 Å². The minimum absolute atomic E-state index is 0.209. The maximum absolute atomic E-state index is 14.1. The molecule has 3 heterocycles. The summed E-state index contributed by atoms with van der Waals surface area (Å²) < 4.78 is 17.1. The van der Waals surface area contributed by atoms with Crippen LogP contribution in [0.25, 0.3) is 28.3 Å². The molecule has 158 valence electrons. The molecule has 1 aliphatic rings. The number of hydrogen-bond acceptors (Lipinski definition) is 5. The highest BCUT2D eigenvalue weighted by Gasteiger charge is 2.27. The van der Waals surface area contributed by atoms with Crippen molar-refractivity contribution in [2.24, 2.45) is 7.05 Å². The zero-order chi connectivity index (χ0) is 22.0. The fourth-order valence-corrected chi connectivity index (χ4v) is 3.42. The van der Waals surface area contributed by atoms with Gasteiger partial charge < -0.3 is 0 Å². The van der Waals surface area contributed by atoms with Gasteiger partial charge in [0.1, 0.15) is 24.3 Å². The van der Waals surface area contributed by atoms with Gasteiger partial charge >= 0.3 is 0 Å². The summed E-state index contributed by atoms with van der Waals surface area (Å²) in [6, 6.07) is 9.82. The van der Waals surface area contributed by atoms with Crippen LogP contribution in [0.3, 0.4) is 0 Å². The van der Waals surface area contributed by atoms with Crippen LogP contribution in [0, 0.1) is 5.82 Å². The molecule has 1 saturated carbocycles. The number of hydrogen-bond donors (Lipinski definition) is 0. The highest BCUT2D eigenvalue weighted by Crippen LogP contribution is 2.41. The Morgan fingerprint density at radius 2 is 1.87 bits per heavy atom. The maximum Gasteiger partial charge on any atom is 0.259 e. The molecule has 5 rings (SSSR count). The highest BCUT2D eigenvalue weighted by atomic mass is 19.1. The zero-order valence-corrected chi connectivity index (χ0v) is 17.7. The summed E-state index contributed by atoms with van der Waals surface area (Å²) in [5.41, 5.74) is 2.97. The Balaban J connectivity index is 0.00000112. The molecule has 0 spiro atoms. The molecule has 0 amide bonds. The summed E-state index contributed by atoms with van der Waals surface area (Å²) in [5, 5.41) is 4.11. The van der Waals surface area contributed by atoms with Gasteiger partial charge in [0, 0.05) is 36.5 Å². The van der Waals surface area contributed by atoms with Crippen molar-refractivity contribution in [3.05, 3.63) is 77.1 Å². The van der Waals surface area contributed by atoms with Crippen LogP contribution in [0.4, 0.5) is 4.39 Å². The third-order valence-electron chi connectivity index (χ3n) is 5.04. The third-order valence-corrected chi connectivity index (χ3v) is 5.04. The van der Waals surface area contributed by atoms with E-state index < -0.39 is 0 Å². The fraction of sp³-hybridized carbons (Fsp3) is 0.261. The number of rotatable bonds is 4. The van der Waals surface area contributed by atoms with Gasteiger partial charge in [-0.15, -0.1) is 0 Å². The molecule has 4 aromatic rings. The first-order valence-corrected chi connectivity index (χ1v) is 10.3. The van der Waals surface area contributed by atoms with E-state index in [1.165, 1.54) is 41.6 Å². The van der Waals surface area contributed by atoms with E-state index >= 15 is 0 Å². The van der Waals surface area contributed by atoms with Crippen molar-refractivity contribution in [1.82, 2.24) is 29.3 Å². The van der Waals surface area contributed by atoms with E-state index in [0.29, 0.717) is 23.1 Å². The first-order valence-electron chi connectivity index (χ1n) is 10.3. The normalized spacial score (nSPS) is 12.9. The molecule has 1 aliphatic carbocycles. The maximum atomic E-state index is 14.1. The minimum atomic E-state index is -0.355. The van der Waals surface area contributed by atoms with Crippen LogP contribution in [0.15, 0.2) is 60.0 Å². The van der Waals surface area contributed by atoms with Crippen molar-refractivity contribution >= 4 is 0 Å². The molecule has 1 fully saturated rings. The number of benzene rings is 1. The van der Waals surface area contributed by atoms with Crippen LogP contribution in [-0.4, -0.2) is 29.3 Å². The lowest BCUT2D eigenvalue weighted by molar-refractivity contribution is 0.628. The topological polar surface area (TPSA) is 78.5 Å². The molecular weight excluding hydrogens is 395 g/mol. The van der Waals surface area contributed by atoms with Crippen LogP contribution < -0.4 is 5.56 Å².